The fourth-order valence-corrected chi connectivity index (χ4v) is 9.53. The van der Waals surface area contributed by atoms with Crippen LogP contribution >= 0.6 is 0 Å². The molecule has 0 saturated heterocycles. The number of benzene rings is 1. The van der Waals surface area contributed by atoms with E-state index in [0.29, 0.717) is 11.8 Å². The zero-order chi connectivity index (χ0) is 28.2. The first-order valence-corrected chi connectivity index (χ1v) is 16.8. The molecule has 0 nitrogen and oxygen atoms in total. The molecule has 0 N–H and O–H groups in total. The molecule has 0 radical (unpaired) electrons. The summed E-state index contributed by atoms with van der Waals surface area (Å²) < 4.78 is 0. The molecule has 0 bridgehead atoms. The van der Waals surface area contributed by atoms with Crippen LogP contribution in [-0.2, 0) is 5.41 Å². The number of fused-ring (bicyclic) bond motifs is 1. The van der Waals surface area contributed by atoms with Crippen molar-refractivity contribution >= 4 is 0 Å². The Kier molecular flexibility index (Phi) is 7.90. The van der Waals surface area contributed by atoms with Gasteiger partial charge in [0.2, 0.25) is 0 Å². The molecule has 42 heavy (non-hydrogen) atoms. The molecule has 6 aliphatic carbocycles. The van der Waals surface area contributed by atoms with E-state index in [9.17, 15) is 0 Å². The van der Waals surface area contributed by atoms with Crippen LogP contribution in [0.2, 0.25) is 0 Å². The van der Waals surface area contributed by atoms with Crippen molar-refractivity contribution in [2.45, 2.75) is 88.4 Å². The third-order valence-corrected chi connectivity index (χ3v) is 11.0. The van der Waals surface area contributed by atoms with Crippen LogP contribution in [0.15, 0.2) is 144 Å². The molecular formula is C42H46. The van der Waals surface area contributed by atoms with Crippen molar-refractivity contribution in [3.63, 3.8) is 0 Å². The Morgan fingerprint density at radius 1 is 0.595 bits per heavy atom. The van der Waals surface area contributed by atoms with E-state index in [4.69, 9.17) is 0 Å². The lowest BCUT2D eigenvalue weighted by Gasteiger charge is -2.57. The quantitative estimate of drug-likeness (QED) is 0.320. The summed E-state index contributed by atoms with van der Waals surface area (Å²) in [6.07, 6.45) is 53.6. The topological polar surface area (TPSA) is 0 Å². The summed E-state index contributed by atoms with van der Waals surface area (Å²) in [5, 5.41) is 0. The van der Waals surface area contributed by atoms with E-state index < -0.39 is 0 Å². The molecule has 0 heterocycles. The zero-order valence-corrected chi connectivity index (χ0v) is 25.2. The molecule has 7 rings (SSSR count). The number of allylic oxidation sites excluding steroid dienone is 20. The van der Waals surface area contributed by atoms with Gasteiger partial charge in [-0.05, 0) is 80.9 Å². The van der Waals surface area contributed by atoms with Gasteiger partial charge in [0.25, 0.3) is 0 Å². The number of hydrogen-bond donors (Lipinski definition) is 0. The monoisotopic (exact) mass is 550 g/mol. The molecule has 0 aromatic heterocycles. The van der Waals surface area contributed by atoms with Crippen molar-refractivity contribution in [2.24, 2.45) is 11.3 Å². The highest BCUT2D eigenvalue weighted by Crippen LogP contribution is 2.75. The molecule has 1 aromatic rings. The Balaban J connectivity index is 1.66. The van der Waals surface area contributed by atoms with E-state index >= 15 is 0 Å². The highest BCUT2D eigenvalue weighted by atomic mass is 14.7. The molecule has 0 spiro atoms. The lowest BCUT2D eigenvalue weighted by Crippen LogP contribution is -2.53. The molecule has 0 amide bonds. The first kappa shape index (κ1) is 27.5. The maximum absolute atomic E-state index is 2.75. The van der Waals surface area contributed by atoms with Gasteiger partial charge < -0.3 is 0 Å². The molecule has 6 aliphatic rings. The van der Waals surface area contributed by atoms with Gasteiger partial charge in [-0.25, -0.2) is 0 Å². The van der Waals surface area contributed by atoms with Crippen molar-refractivity contribution in [3.05, 3.63) is 155 Å². The maximum Gasteiger partial charge on any atom is 0.0528 e. The largest absolute Gasteiger partial charge is 0.0847 e. The van der Waals surface area contributed by atoms with E-state index in [2.05, 4.69) is 121 Å². The predicted octanol–water partition coefficient (Wildman–Crippen LogP) is 11.4. The van der Waals surface area contributed by atoms with Crippen molar-refractivity contribution in [2.75, 3.05) is 0 Å². The highest BCUT2D eigenvalue weighted by Gasteiger charge is 2.68. The minimum absolute atomic E-state index is 0.134. The van der Waals surface area contributed by atoms with Crippen LogP contribution in [-0.4, -0.2) is 0 Å². The minimum atomic E-state index is -0.266. The van der Waals surface area contributed by atoms with Gasteiger partial charge in [0.05, 0.1) is 5.41 Å². The smallest absolute Gasteiger partial charge is 0.0528 e. The molecule has 1 aromatic carbocycles. The fraction of sp³-hybridized carbons (Fsp3) is 0.381. The summed E-state index contributed by atoms with van der Waals surface area (Å²) in [7, 11) is 0. The van der Waals surface area contributed by atoms with Gasteiger partial charge in [0.15, 0.2) is 0 Å². The SMILES string of the molecule is C1=CCCC(C2(C3=C/C=C\C=C/C=C\3)c3ccccc3C(C3=CCCCC3)C2(/C2=C/CCCCCC2)C2C=CC=C2)=C1. The van der Waals surface area contributed by atoms with Crippen molar-refractivity contribution in [3.8, 4) is 0 Å². The molecular weight excluding hydrogens is 504 g/mol. The van der Waals surface area contributed by atoms with Crippen molar-refractivity contribution in [1.29, 1.82) is 0 Å². The summed E-state index contributed by atoms with van der Waals surface area (Å²) in [6, 6.07) is 9.68. The van der Waals surface area contributed by atoms with Gasteiger partial charge >= 0.3 is 0 Å². The van der Waals surface area contributed by atoms with E-state index in [1.165, 1.54) is 69.8 Å². The molecule has 3 atom stereocenters. The second-order valence-electron chi connectivity index (χ2n) is 13.1. The lowest BCUT2D eigenvalue weighted by atomic mass is 9.44. The zero-order valence-electron chi connectivity index (χ0n) is 25.2. The van der Waals surface area contributed by atoms with Crippen molar-refractivity contribution in [1.82, 2.24) is 0 Å². The molecule has 0 fully saturated rings. The van der Waals surface area contributed by atoms with E-state index in [1.807, 2.05) is 0 Å². The molecule has 214 valence electrons. The van der Waals surface area contributed by atoms with Crippen LogP contribution in [0.3, 0.4) is 0 Å². The summed E-state index contributed by atoms with van der Waals surface area (Å²) in [5.41, 5.74) is 9.20. The number of rotatable bonds is 5. The Bertz CT molecular complexity index is 1480. The average Bonchev–Trinajstić information content (AvgIpc) is 3.63. The first-order valence-electron chi connectivity index (χ1n) is 16.8. The van der Waals surface area contributed by atoms with Crippen LogP contribution < -0.4 is 0 Å². The Labute approximate surface area is 254 Å². The van der Waals surface area contributed by atoms with E-state index in [-0.39, 0.29) is 10.8 Å². The highest BCUT2D eigenvalue weighted by molar-refractivity contribution is 5.69. The van der Waals surface area contributed by atoms with E-state index in [0.717, 1.165) is 12.8 Å². The van der Waals surface area contributed by atoms with Gasteiger partial charge in [0.1, 0.15) is 0 Å². The maximum atomic E-state index is 2.75. The van der Waals surface area contributed by atoms with Crippen LogP contribution in [0, 0.1) is 11.3 Å². The average molecular weight is 551 g/mol. The Morgan fingerprint density at radius 2 is 1.38 bits per heavy atom. The summed E-state index contributed by atoms with van der Waals surface area (Å²) in [5.74, 6) is 0.692. The van der Waals surface area contributed by atoms with Gasteiger partial charge in [-0.2, -0.15) is 0 Å². The fourth-order valence-electron chi connectivity index (χ4n) is 9.53. The summed E-state index contributed by atoms with van der Waals surface area (Å²) in [6.45, 7) is 0. The van der Waals surface area contributed by atoms with Gasteiger partial charge in [0, 0.05) is 17.3 Å². The van der Waals surface area contributed by atoms with Crippen LogP contribution in [0.1, 0.15) is 94.1 Å². The van der Waals surface area contributed by atoms with Crippen LogP contribution in [0.5, 0.6) is 0 Å². The standard InChI is InChI=1S/C42H46/c1-3-11-23-34(24-12-4-1)41(35-25-15-8-16-26-35)39-32-20-19-31-38(39)40(33-21-9-7-10-22-33)42(41,37-29-17-18-30-37)36-27-13-5-2-6-14-28-36/h1,3-4,8,11-12,15,17-21,23-25,27,29-32,37,40H,2,5-7,9-10,13-14,16,22,26,28H2/b3-1-,4-1?,11-3?,12-4-,23-11-,24-12?,34-23?,34-24+,36-27+. The number of hydrogen-bond acceptors (Lipinski definition) is 0. The minimum Gasteiger partial charge on any atom is -0.0847 e. The van der Waals surface area contributed by atoms with Gasteiger partial charge in [-0.1, -0.05) is 151 Å². The third-order valence-electron chi connectivity index (χ3n) is 11.0. The van der Waals surface area contributed by atoms with Crippen molar-refractivity contribution < 1.29 is 0 Å². The molecule has 0 heteroatoms. The van der Waals surface area contributed by atoms with E-state index in [1.54, 1.807) is 27.8 Å². The second kappa shape index (κ2) is 12.1. The first-order chi connectivity index (χ1) is 20.9. The summed E-state index contributed by atoms with van der Waals surface area (Å²) in [4.78, 5) is 0. The Hall–Kier alpha value is -3.38. The lowest BCUT2D eigenvalue weighted by molar-refractivity contribution is 0.170. The van der Waals surface area contributed by atoms with Crippen LogP contribution in [0.25, 0.3) is 0 Å². The Morgan fingerprint density at radius 3 is 2.24 bits per heavy atom. The molecule has 0 saturated carbocycles. The third kappa shape index (κ3) is 4.33. The van der Waals surface area contributed by atoms with Gasteiger partial charge in [-0.15, -0.1) is 0 Å². The predicted molar refractivity (Wildman–Crippen MR) is 179 cm³/mol. The summed E-state index contributed by atoms with van der Waals surface area (Å²) >= 11 is 0. The van der Waals surface area contributed by atoms with Crippen LogP contribution in [0.4, 0.5) is 0 Å². The van der Waals surface area contributed by atoms with Gasteiger partial charge in [-0.3, -0.25) is 0 Å². The molecule has 3 unspecified atom stereocenters. The normalized spacial score (nSPS) is 35.8. The molecule has 0 aliphatic heterocycles. The second-order valence-corrected chi connectivity index (χ2v) is 13.1.